The summed E-state index contributed by atoms with van der Waals surface area (Å²) in [5.74, 6) is -1.30. The van der Waals surface area contributed by atoms with E-state index in [2.05, 4.69) is 0 Å². The summed E-state index contributed by atoms with van der Waals surface area (Å²) in [6.45, 7) is 0. The number of carbonyl (C=O) groups excluding carboxylic acids is 1. The van der Waals surface area contributed by atoms with Gasteiger partial charge in [0.25, 0.3) is 5.69 Å². The van der Waals surface area contributed by atoms with Crippen molar-refractivity contribution in [3.63, 3.8) is 0 Å². The van der Waals surface area contributed by atoms with Crippen LogP contribution in [0.5, 0.6) is 5.75 Å². The lowest BCUT2D eigenvalue weighted by molar-refractivity contribution is -0.384. The van der Waals surface area contributed by atoms with E-state index in [9.17, 15) is 23.7 Å². The Morgan fingerprint density at radius 3 is 1.80 bits per heavy atom. The summed E-state index contributed by atoms with van der Waals surface area (Å²) >= 11 is 0. The number of nitrogens with zero attached hydrogens (tertiary/aromatic N) is 1. The van der Waals surface area contributed by atoms with Crippen LogP contribution in [0.15, 0.2) is 91.0 Å². The average molecular weight is 407 g/mol. The summed E-state index contributed by atoms with van der Waals surface area (Å²) in [4.78, 5) is 22.1. The molecular weight excluding hydrogens is 392 g/mol. The molecule has 0 spiro atoms. The molecule has 0 aromatic heterocycles. The highest BCUT2D eigenvalue weighted by molar-refractivity contribution is 5.86. The Hall–Kier alpha value is -4.13. The number of allylic oxidation sites excluding steroid dienone is 2. The van der Waals surface area contributed by atoms with Gasteiger partial charge in [-0.15, -0.1) is 0 Å². The molecule has 30 heavy (non-hydrogen) atoms. The lowest BCUT2D eigenvalue weighted by atomic mass is 9.97. The van der Waals surface area contributed by atoms with Crippen molar-refractivity contribution in [1.29, 1.82) is 0 Å². The second kappa shape index (κ2) is 9.38. The number of nitro benzene ring substituents is 1. The minimum atomic E-state index is -0.683. The lowest BCUT2D eigenvalue weighted by Gasteiger charge is -2.08. The first-order chi connectivity index (χ1) is 14.4. The van der Waals surface area contributed by atoms with Crippen LogP contribution in [-0.2, 0) is 4.79 Å². The van der Waals surface area contributed by atoms with Crippen molar-refractivity contribution in [2.45, 2.75) is 0 Å². The molecular formula is C23H15F2NO4. The number of carbonyl (C=O) groups is 1. The molecule has 0 radical (unpaired) electrons. The highest BCUT2D eigenvalue weighted by atomic mass is 19.1. The number of rotatable bonds is 6. The van der Waals surface area contributed by atoms with Gasteiger partial charge in [-0.2, -0.15) is 0 Å². The normalized spacial score (nSPS) is 10.6. The second-order valence-electron chi connectivity index (χ2n) is 6.13. The molecule has 0 heterocycles. The van der Waals surface area contributed by atoms with E-state index in [1.54, 1.807) is 30.3 Å². The van der Waals surface area contributed by atoms with Gasteiger partial charge in [0, 0.05) is 18.2 Å². The molecule has 0 bridgehead atoms. The van der Waals surface area contributed by atoms with Gasteiger partial charge < -0.3 is 4.74 Å². The van der Waals surface area contributed by atoms with Crippen LogP contribution in [0.1, 0.15) is 11.1 Å². The number of hydrogen-bond acceptors (Lipinski definition) is 4. The standard InChI is InChI=1S/C23H15F2NO4/c24-18-8-4-16(5-9-18)22(17-6-10-19(25)11-7-17)2-1-3-23(27)30-21-14-12-20(13-15-21)26(28)29/h1-15H/b3-1+. The average Bonchev–Trinajstić information content (AvgIpc) is 2.73. The van der Waals surface area contributed by atoms with Crippen LogP contribution in [0.2, 0.25) is 0 Å². The van der Waals surface area contributed by atoms with Gasteiger partial charge in [-0.3, -0.25) is 10.1 Å². The van der Waals surface area contributed by atoms with E-state index in [1.165, 1.54) is 60.7 Å². The Labute approximate surface area is 170 Å². The molecule has 7 heteroatoms. The highest BCUT2D eigenvalue weighted by Crippen LogP contribution is 2.24. The van der Waals surface area contributed by atoms with Gasteiger partial charge in [0.2, 0.25) is 0 Å². The summed E-state index contributed by atoms with van der Waals surface area (Å²) in [5, 5.41) is 10.6. The summed E-state index contributed by atoms with van der Waals surface area (Å²) in [5.41, 5.74) is 1.89. The van der Waals surface area contributed by atoms with Crippen LogP contribution in [-0.4, -0.2) is 10.9 Å². The zero-order valence-electron chi connectivity index (χ0n) is 15.5. The van der Waals surface area contributed by atoms with E-state index in [0.29, 0.717) is 16.7 Å². The van der Waals surface area contributed by atoms with Crippen LogP contribution in [0.3, 0.4) is 0 Å². The molecule has 3 aromatic carbocycles. The Morgan fingerprint density at radius 2 is 1.33 bits per heavy atom. The zero-order valence-corrected chi connectivity index (χ0v) is 15.5. The third kappa shape index (κ3) is 5.45. The SMILES string of the molecule is O=C(/C=C/C=C(c1ccc(F)cc1)c1ccc(F)cc1)Oc1ccc([N+](=O)[O-])cc1. The van der Waals surface area contributed by atoms with Gasteiger partial charge in [0.05, 0.1) is 4.92 Å². The van der Waals surface area contributed by atoms with E-state index >= 15 is 0 Å². The molecule has 0 saturated heterocycles. The van der Waals surface area contributed by atoms with Crippen molar-refractivity contribution < 1.29 is 23.2 Å². The molecule has 0 atom stereocenters. The summed E-state index contributed by atoms with van der Waals surface area (Å²) in [6, 6.07) is 16.6. The number of non-ortho nitro benzene ring substituents is 1. The van der Waals surface area contributed by atoms with Gasteiger partial charge in [-0.05, 0) is 53.1 Å². The first-order valence-corrected chi connectivity index (χ1v) is 8.79. The van der Waals surface area contributed by atoms with Gasteiger partial charge in [-0.1, -0.05) is 36.4 Å². The maximum atomic E-state index is 13.3. The lowest BCUT2D eigenvalue weighted by Crippen LogP contribution is -2.03. The van der Waals surface area contributed by atoms with Crippen molar-refractivity contribution in [2.75, 3.05) is 0 Å². The molecule has 0 aliphatic heterocycles. The number of benzene rings is 3. The third-order valence-electron chi connectivity index (χ3n) is 4.07. The van der Waals surface area contributed by atoms with Gasteiger partial charge in [-0.25, -0.2) is 13.6 Å². The first-order valence-electron chi connectivity index (χ1n) is 8.79. The fourth-order valence-corrected chi connectivity index (χ4v) is 2.63. The molecule has 0 fully saturated rings. The third-order valence-corrected chi connectivity index (χ3v) is 4.07. The number of ether oxygens (including phenoxy) is 1. The first kappa shape index (κ1) is 20.6. The molecule has 0 aliphatic carbocycles. The van der Waals surface area contributed by atoms with Crippen molar-refractivity contribution >= 4 is 17.2 Å². The maximum Gasteiger partial charge on any atom is 0.336 e. The maximum absolute atomic E-state index is 13.3. The minimum absolute atomic E-state index is 0.114. The predicted octanol–water partition coefficient (Wildman–Crippen LogP) is 5.47. The molecule has 5 nitrogen and oxygen atoms in total. The second-order valence-corrected chi connectivity index (χ2v) is 6.13. The summed E-state index contributed by atoms with van der Waals surface area (Å²) in [6.07, 6.45) is 4.25. The molecule has 0 aliphatic rings. The zero-order chi connectivity index (χ0) is 21.5. The molecule has 3 aromatic rings. The highest BCUT2D eigenvalue weighted by Gasteiger charge is 2.07. The molecule has 150 valence electrons. The largest absolute Gasteiger partial charge is 0.423 e. The fourth-order valence-electron chi connectivity index (χ4n) is 2.63. The predicted molar refractivity (Wildman–Crippen MR) is 108 cm³/mol. The summed E-state index contributed by atoms with van der Waals surface area (Å²) in [7, 11) is 0. The van der Waals surface area contributed by atoms with E-state index in [4.69, 9.17) is 4.74 Å². The van der Waals surface area contributed by atoms with Crippen molar-refractivity contribution in [1.82, 2.24) is 0 Å². The van der Waals surface area contributed by atoms with Gasteiger partial charge in [0.15, 0.2) is 0 Å². The van der Waals surface area contributed by atoms with Gasteiger partial charge in [0.1, 0.15) is 17.4 Å². The molecule has 0 unspecified atom stereocenters. The molecule has 0 saturated carbocycles. The van der Waals surface area contributed by atoms with E-state index in [-0.39, 0.29) is 23.1 Å². The van der Waals surface area contributed by atoms with Crippen molar-refractivity contribution in [2.24, 2.45) is 0 Å². The van der Waals surface area contributed by atoms with Crippen LogP contribution >= 0.6 is 0 Å². The molecule has 3 rings (SSSR count). The Kier molecular flexibility index (Phi) is 6.44. The monoisotopic (exact) mass is 407 g/mol. The number of nitro groups is 1. The number of esters is 1. The van der Waals surface area contributed by atoms with Crippen LogP contribution in [0.25, 0.3) is 5.57 Å². The molecule has 0 N–H and O–H groups in total. The number of hydrogen-bond donors (Lipinski definition) is 0. The minimum Gasteiger partial charge on any atom is -0.423 e. The van der Waals surface area contributed by atoms with Crippen molar-refractivity contribution in [3.05, 3.63) is 124 Å². The van der Waals surface area contributed by atoms with E-state index in [1.807, 2.05) is 0 Å². The topological polar surface area (TPSA) is 69.4 Å². The Bertz CT molecular complexity index is 1060. The summed E-state index contributed by atoms with van der Waals surface area (Å²) < 4.78 is 31.6. The smallest absolute Gasteiger partial charge is 0.336 e. The van der Waals surface area contributed by atoms with E-state index in [0.717, 1.165) is 0 Å². The Balaban J connectivity index is 1.79. The fraction of sp³-hybridized carbons (Fsp3) is 0. The quantitative estimate of drug-likeness (QED) is 0.136. The molecule has 0 amide bonds. The Morgan fingerprint density at radius 1 is 0.833 bits per heavy atom. The van der Waals surface area contributed by atoms with Crippen molar-refractivity contribution in [3.8, 4) is 5.75 Å². The van der Waals surface area contributed by atoms with Crippen LogP contribution in [0.4, 0.5) is 14.5 Å². The van der Waals surface area contributed by atoms with E-state index < -0.39 is 10.9 Å². The number of halogens is 2. The van der Waals surface area contributed by atoms with Crippen LogP contribution < -0.4 is 4.74 Å². The van der Waals surface area contributed by atoms with Crippen LogP contribution in [0, 0.1) is 21.7 Å². The van der Waals surface area contributed by atoms with Gasteiger partial charge >= 0.3 is 5.97 Å².